The third-order valence-corrected chi connectivity index (χ3v) is 8.19. The summed E-state index contributed by atoms with van der Waals surface area (Å²) >= 11 is 4.02. The summed E-state index contributed by atoms with van der Waals surface area (Å²) in [4.78, 5) is 0.944. The van der Waals surface area contributed by atoms with Gasteiger partial charge in [0.2, 0.25) is 4.96 Å². The molecular formula is C19H19IN4S. The maximum Gasteiger partial charge on any atom is 0.235 e. The van der Waals surface area contributed by atoms with Crippen molar-refractivity contribution in [3.05, 3.63) is 33.7 Å². The van der Waals surface area contributed by atoms with Crippen molar-refractivity contribution in [1.82, 2.24) is 19.8 Å². The summed E-state index contributed by atoms with van der Waals surface area (Å²) in [5, 5.41) is 15.2. The molecule has 4 aliphatic rings. The average Bonchev–Trinajstić information content (AvgIpc) is 3.13. The first kappa shape index (κ1) is 15.1. The van der Waals surface area contributed by atoms with Gasteiger partial charge < -0.3 is 0 Å². The molecule has 4 aliphatic carbocycles. The van der Waals surface area contributed by atoms with E-state index in [1.54, 1.807) is 11.3 Å². The summed E-state index contributed by atoms with van der Waals surface area (Å²) in [6.45, 7) is 0. The van der Waals surface area contributed by atoms with Gasteiger partial charge in [0.25, 0.3) is 0 Å². The van der Waals surface area contributed by atoms with Crippen molar-refractivity contribution in [1.29, 1.82) is 0 Å². The molecule has 4 nitrogen and oxygen atoms in total. The fourth-order valence-corrected chi connectivity index (χ4v) is 7.45. The number of fused-ring (bicyclic) bond motifs is 1. The van der Waals surface area contributed by atoms with E-state index in [0.717, 1.165) is 33.5 Å². The Morgan fingerprint density at radius 1 is 1.04 bits per heavy atom. The van der Waals surface area contributed by atoms with Crippen LogP contribution in [0.1, 0.15) is 44.3 Å². The molecule has 3 aromatic rings. The van der Waals surface area contributed by atoms with E-state index in [4.69, 9.17) is 5.10 Å². The minimum absolute atomic E-state index is 0.241. The van der Waals surface area contributed by atoms with Crippen LogP contribution in [0.25, 0.3) is 15.5 Å². The van der Waals surface area contributed by atoms with Crippen LogP contribution in [0.5, 0.6) is 0 Å². The van der Waals surface area contributed by atoms with Crippen molar-refractivity contribution in [2.24, 2.45) is 17.8 Å². The van der Waals surface area contributed by atoms with Crippen LogP contribution < -0.4 is 0 Å². The van der Waals surface area contributed by atoms with Crippen LogP contribution in [0.4, 0.5) is 0 Å². The highest BCUT2D eigenvalue weighted by Gasteiger charge is 2.54. The molecule has 0 atom stereocenters. The van der Waals surface area contributed by atoms with Crippen molar-refractivity contribution in [3.63, 3.8) is 0 Å². The highest BCUT2D eigenvalue weighted by atomic mass is 127. The maximum absolute atomic E-state index is 4.95. The summed E-state index contributed by atoms with van der Waals surface area (Å²) in [6.07, 6.45) is 8.26. The van der Waals surface area contributed by atoms with Crippen LogP contribution in [0.3, 0.4) is 0 Å². The molecule has 4 bridgehead atoms. The van der Waals surface area contributed by atoms with E-state index < -0.39 is 0 Å². The molecule has 2 aromatic heterocycles. The first-order chi connectivity index (χ1) is 12.2. The quantitative estimate of drug-likeness (QED) is 0.508. The molecule has 1 aromatic carbocycles. The molecule has 7 rings (SSSR count). The fourth-order valence-electron chi connectivity index (χ4n) is 6.07. The Morgan fingerprint density at radius 3 is 2.44 bits per heavy atom. The molecule has 4 saturated carbocycles. The number of hydrogen-bond acceptors (Lipinski definition) is 4. The van der Waals surface area contributed by atoms with Crippen molar-refractivity contribution in [3.8, 4) is 10.6 Å². The van der Waals surface area contributed by atoms with Crippen LogP contribution in [0.2, 0.25) is 0 Å². The zero-order valence-electron chi connectivity index (χ0n) is 13.9. The van der Waals surface area contributed by atoms with Gasteiger partial charge in [-0.3, -0.25) is 0 Å². The van der Waals surface area contributed by atoms with Crippen molar-refractivity contribution >= 4 is 38.9 Å². The molecule has 2 heterocycles. The third kappa shape index (κ3) is 2.25. The second kappa shape index (κ2) is 5.25. The Balaban J connectivity index is 1.47. The molecule has 128 valence electrons. The second-order valence-electron chi connectivity index (χ2n) is 8.33. The number of rotatable bonds is 2. The van der Waals surface area contributed by atoms with Crippen LogP contribution in [0.15, 0.2) is 24.3 Å². The van der Waals surface area contributed by atoms with Crippen molar-refractivity contribution < 1.29 is 0 Å². The van der Waals surface area contributed by atoms with Crippen LogP contribution in [0, 0.1) is 21.3 Å². The summed E-state index contributed by atoms with van der Waals surface area (Å²) in [5.41, 5.74) is 1.42. The lowest BCUT2D eigenvalue weighted by molar-refractivity contribution is -0.0103. The van der Waals surface area contributed by atoms with Crippen LogP contribution >= 0.6 is 33.9 Å². The zero-order valence-corrected chi connectivity index (χ0v) is 16.8. The zero-order chi connectivity index (χ0) is 16.6. The Kier molecular flexibility index (Phi) is 3.17. The molecule has 0 radical (unpaired) electrons. The first-order valence-electron chi connectivity index (χ1n) is 9.17. The van der Waals surface area contributed by atoms with E-state index in [2.05, 4.69) is 61.6 Å². The smallest absolute Gasteiger partial charge is 0.186 e. The maximum atomic E-state index is 4.95. The van der Waals surface area contributed by atoms with E-state index >= 15 is 0 Å². The SMILES string of the molecule is Ic1cccc(-c2nn3c(C45CC6CC(CC(C6)C4)C5)nnc3s2)c1. The number of aromatic nitrogens is 4. The molecule has 0 amide bonds. The lowest BCUT2D eigenvalue weighted by Gasteiger charge is -2.55. The number of hydrogen-bond donors (Lipinski definition) is 0. The Hall–Kier alpha value is -1.02. The van der Waals surface area contributed by atoms with Gasteiger partial charge in [0.1, 0.15) is 5.01 Å². The number of halogens is 1. The highest BCUT2D eigenvalue weighted by molar-refractivity contribution is 14.1. The minimum atomic E-state index is 0.241. The summed E-state index contributed by atoms with van der Waals surface area (Å²) in [7, 11) is 0. The molecule has 0 saturated heterocycles. The Bertz CT molecular complexity index is 940. The molecule has 6 heteroatoms. The van der Waals surface area contributed by atoms with E-state index in [-0.39, 0.29) is 5.41 Å². The third-order valence-electron chi connectivity index (χ3n) is 6.58. The molecule has 4 fully saturated rings. The standard InChI is InChI=1S/C19H19IN4S/c20-15-3-1-2-14(7-15)16-23-24-17(21-22-18(24)25-16)19-8-11-4-12(9-19)6-13(5-11)10-19/h1-3,7,11-13H,4-6,8-10H2. The summed E-state index contributed by atoms with van der Waals surface area (Å²) in [5.74, 6) is 3.88. The normalized spacial score (nSPS) is 33.4. The monoisotopic (exact) mass is 462 g/mol. The first-order valence-corrected chi connectivity index (χ1v) is 11.1. The number of benzene rings is 1. The van der Waals surface area contributed by atoms with Crippen LogP contribution in [-0.2, 0) is 5.41 Å². The molecule has 0 unspecified atom stereocenters. The lowest BCUT2D eigenvalue weighted by Crippen LogP contribution is -2.49. The Labute approximate surface area is 164 Å². The highest BCUT2D eigenvalue weighted by Crippen LogP contribution is 2.60. The summed E-state index contributed by atoms with van der Waals surface area (Å²) < 4.78 is 3.31. The van der Waals surface area contributed by atoms with Crippen molar-refractivity contribution in [2.75, 3.05) is 0 Å². The molecule has 0 spiro atoms. The average molecular weight is 462 g/mol. The van der Waals surface area contributed by atoms with Crippen LogP contribution in [-0.4, -0.2) is 19.8 Å². The number of nitrogens with zero attached hydrogens (tertiary/aromatic N) is 4. The lowest BCUT2D eigenvalue weighted by atomic mass is 9.49. The van der Waals surface area contributed by atoms with E-state index in [9.17, 15) is 0 Å². The fraction of sp³-hybridized carbons (Fsp3) is 0.526. The minimum Gasteiger partial charge on any atom is -0.186 e. The van der Waals surface area contributed by atoms with Gasteiger partial charge in [-0.25, -0.2) is 0 Å². The Morgan fingerprint density at radius 2 is 1.76 bits per heavy atom. The van der Waals surface area contributed by atoms with Gasteiger partial charge in [-0.15, -0.1) is 10.2 Å². The van der Waals surface area contributed by atoms with Gasteiger partial charge in [-0.2, -0.15) is 9.61 Å². The van der Waals surface area contributed by atoms with Gasteiger partial charge in [0.05, 0.1) is 0 Å². The van der Waals surface area contributed by atoms with E-state index in [1.807, 2.05) is 0 Å². The van der Waals surface area contributed by atoms with Gasteiger partial charge in [0, 0.05) is 14.5 Å². The van der Waals surface area contributed by atoms with Crippen molar-refractivity contribution in [2.45, 2.75) is 43.9 Å². The van der Waals surface area contributed by atoms with Gasteiger partial charge >= 0.3 is 0 Å². The topological polar surface area (TPSA) is 43.1 Å². The molecule has 0 aliphatic heterocycles. The van der Waals surface area contributed by atoms with E-state index in [1.165, 1.54) is 47.7 Å². The molecular weight excluding hydrogens is 443 g/mol. The predicted octanol–water partition coefficient (Wildman–Crippen LogP) is 4.93. The predicted molar refractivity (Wildman–Crippen MR) is 107 cm³/mol. The van der Waals surface area contributed by atoms with E-state index in [0.29, 0.717) is 0 Å². The molecule has 0 N–H and O–H groups in total. The summed E-state index contributed by atoms with van der Waals surface area (Å²) in [6, 6.07) is 8.54. The molecule has 25 heavy (non-hydrogen) atoms. The van der Waals surface area contributed by atoms with Gasteiger partial charge in [0.15, 0.2) is 5.82 Å². The largest absolute Gasteiger partial charge is 0.235 e. The van der Waals surface area contributed by atoms with Gasteiger partial charge in [-0.05, 0) is 91.0 Å². The second-order valence-corrected chi connectivity index (χ2v) is 10.5. The van der Waals surface area contributed by atoms with Gasteiger partial charge in [-0.1, -0.05) is 23.5 Å².